The van der Waals surface area contributed by atoms with Crippen LogP contribution < -0.4 is 5.32 Å². The monoisotopic (exact) mass is 243 g/mol. The van der Waals surface area contributed by atoms with Crippen LogP contribution in [0.15, 0.2) is 5.38 Å². The molecule has 0 atom stereocenters. The standard InChI is InChI=1S/C10H17N3O2S/c1-3-13(4-2)6-5-11-10-12-8(7-16-10)9(14)15/h7H,3-6H2,1-2H3,(H,11,12)(H,14,15). The number of carboxylic acids is 1. The third-order valence-electron chi connectivity index (χ3n) is 2.32. The quantitative estimate of drug-likeness (QED) is 0.761. The highest BCUT2D eigenvalue weighted by Gasteiger charge is 2.08. The summed E-state index contributed by atoms with van der Waals surface area (Å²) in [5.74, 6) is -0.979. The van der Waals surface area contributed by atoms with E-state index in [2.05, 4.69) is 29.0 Å². The lowest BCUT2D eigenvalue weighted by atomic mass is 10.5. The summed E-state index contributed by atoms with van der Waals surface area (Å²) in [5.41, 5.74) is 0.107. The first kappa shape index (κ1) is 12.9. The van der Waals surface area contributed by atoms with E-state index in [4.69, 9.17) is 5.11 Å². The molecule has 0 aliphatic carbocycles. The van der Waals surface area contributed by atoms with Crippen LogP contribution in [-0.2, 0) is 0 Å². The minimum absolute atomic E-state index is 0.107. The number of hydrogen-bond donors (Lipinski definition) is 2. The maximum absolute atomic E-state index is 10.6. The van der Waals surface area contributed by atoms with Crippen LogP contribution in [0.2, 0.25) is 0 Å². The summed E-state index contributed by atoms with van der Waals surface area (Å²) in [6.07, 6.45) is 0. The Kier molecular flexibility index (Phi) is 5.21. The summed E-state index contributed by atoms with van der Waals surface area (Å²) in [6.45, 7) is 8.01. The molecule has 0 saturated carbocycles. The Morgan fingerprint density at radius 1 is 1.56 bits per heavy atom. The van der Waals surface area contributed by atoms with E-state index in [-0.39, 0.29) is 5.69 Å². The number of nitrogens with one attached hydrogen (secondary N) is 1. The Balaban J connectivity index is 2.34. The summed E-state index contributed by atoms with van der Waals surface area (Å²) >= 11 is 1.32. The van der Waals surface area contributed by atoms with Crippen LogP contribution >= 0.6 is 11.3 Å². The molecule has 0 aliphatic rings. The number of nitrogens with zero attached hydrogens (tertiary/aromatic N) is 2. The predicted molar refractivity (Wildman–Crippen MR) is 65.4 cm³/mol. The molecule has 16 heavy (non-hydrogen) atoms. The fourth-order valence-electron chi connectivity index (χ4n) is 1.31. The van der Waals surface area contributed by atoms with E-state index in [1.54, 1.807) is 5.38 Å². The number of carboxylic acid groups (broad SMARTS) is 1. The van der Waals surface area contributed by atoms with E-state index in [1.807, 2.05) is 0 Å². The molecule has 2 N–H and O–H groups in total. The normalized spacial score (nSPS) is 10.7. The van der Waals surface area contributed by atoms with Crippen molar-refractivity contribution in [3.8, 4) is 0 Å². The van der Waals surface area contributed by atoms with Crippen molar-refractivity contribution < 1.29 is 9.90 Å². The zero-order valence-electron chi connectivity index (χ0n) is 9.56. The van der Waals surface area contributed by atoms with Crippen LogP contribution in [0.4, 0.5) is 5.13 Å². The van der Waals surface area contributed by atoms with Crippen molar-refractivity contribution in [1.29, 1.82) is 0 Å². The number of rotatable bonds is 7. The molecule has 0 aliphatic heterocycles. The molecule has 0 fully saturated rings. The second kappa shape index (κ2) is 6.44. The maximum atomic E-state index is 10.6. The highest BCUT2D eigenvalue weighted by Crippen LogP contribution is 2.14. The van der Waals surface area contributed by atoms with Crippen molar-refractivity contribution in [3.05, 3.63) is 11.1 Å². The van der Waals surface area contributed by atoms with Gasteiger partial charge in [-0.1, -0.05) is 13.8 Å². The van der Waals surface area contributed by atoms with E-state index in [0.717, 1.165) is 26.2 Å². The van der Waals surface area contributed by atoms with E-state index < -0.39 is 5.97 Å². The summed E-state index contributed by atoms with van der Waals surface area (Å²) in [5, 5.41) is 14.0. The predicted octanol–water partition coefficient (Wildman–Crippen LogP) is 1.59. The van der Waals surface area contributed by atoms with Gasteiger partial charge in [0.25, 0.3) is 0 Å². The number of hydrogen-bond acceptors (Lipinski definition) is 5. The smallest absolute Gasteiger partial charge is 0.355 e. The molecule has 0 aromatic carbocycles. The lowest BCUT2D eigenvalue weighted by Crippen LogP contribution is -2.28. The molecule has 0 radical (unpaired) electrons. The number of thiazole rings is 1. The van der Waals surface area contributed by atoms with Crippen LogP contribution in [-0.4, -0.2) is 47.1 Å². The first-order chi connectivity index (χ1) is 7.67. The van der Waals surface area contributed by atoms with E-state index in [9.17, 15) is 4.79 Å². The molecule has 0 unspecified atom stereocenters. The minimum atomic E-state index is -0.979. The van der Waals surface area contributed by atoms with Crippen LogP contribution in [0.1, 0.15) is 24.3 Å². The molecule has 1 rings (SSSR count). The van der Waals surface area contributed by atoms with Crippen LogP contribution in [0.5, 0.6) is 0 Å². The zero-order valence-corrected chi connectivity index (χ0v) is 10.4. The third kappa shape index (κ3) is 3.79. The number of carbonyl (C=O) groups is 1. The minimum Gasteiger partial charge on any atom is -0.476 e. The second-order valence-electron chi connectivity index (χ2n) is 3.30. The molecular formula is C10H17N3O2S. The van der Waals surface area contributed by atoms with Gasteiger partial charge in [-0.15, -0.1) is 11.3 Å². The van der Waals surface area contributed by atoms with Crippen molar-refractivity contribution in [1.82, 2.24) is 9.88 Å². The van der Waals surface area contributed by atoms with Gasteiger partial charge in [-0.2, -0.15) is 0 Å². The van der Waals surface area contributed by atoms with Gasteiger partial charge in [-0.25, -0.2) is 9.78 Å². The fraction of sp³-hybridized carbons (Fsp3) is 0.600. The second-order valence-corrected chi connectivity index (χ2v) is 4.15. The molecule has 0 spiro atoms. The van der Waals surface area contributed by atoms with Crippen molar-refractivity contribution in [2.75, 3.05) is 31.5 Å². The van der Waals surface area contributed by atoms with E-state index >= 15 is 0 Å². The van der Waals surface area contributed by atoms with Gasteiger partial charge in [0.2, 0.25) is 0 Å². The van der Waals surface area contributed by atoms with Gasteiger partial charge in [0.15, 0.2) is 10.8 Å². The molecule has 90 valence electrons. The molecule has 0 amide bonds. The van der Waals surface area contributed by atoms with Gasteiger partial charge in [0.05, 0.1) is 0 Å². The zero-order chi connectivity index (χ0) is 12.0. The van der Waals surface area contributed by atoms with E-state index in [0.29, 0.717) is 5.13 Å². The van der Waals surface area contributed by atoms with Gasteiger partial charge < -0.3 is 15.3 Å². The van der Waals surface area contributed by atoms with Gasteiger partial charge in [-0.05, 0) is 13.1 Å². The molecular weight excluding hydrogens is 226 g/mol. The number of aromatic nitrogens is 1. The Labute approximate surface area is 99.1 Å². The van der Waals surface area contributed by atoms with Crippen molar-refractivity contribution in [2.24, 2.45) is 0 Å². The largest absolute Gasteiger partial charge is 0.476 e. The average molecular weight is 243 g/mol. The SMILES string of the molecule is CCN(CC)CCNc1nc(C(=O)O)cs1. The van der Waals surface area contributed by atoms with Crippen molar-refractivity contribution >= 4 is 22.4 Å². The Hall–Kier alpha value is -1.14. The molecule has 0 saturated heterocycles. The molecule has 5 nitrogen and oxygen atoms in total. The van der Waals surface area contributed by atoms with Crippen LogP contribution in [0, 0.1) is 0 Å². The van der Waals surface area contributed by atoms with Gasteiger partial charge in [-0.3, -0.25) is 0 Å². The average Bonchev–Trinajstić information content (AvgIpc) is 2.73. The van der Waals surface area contributed by atoms with Crippen molar-refractivity contribution in [3.63, 3.8) is 0 Å². The molecule has 1 aromatic heterocycles. The van der Waals surface area contributed by atoms with Gasteiger partial charge in [0.1, 0.15) is 0 Å². The lowest BCUT2D eigenvalue weighted by Gasteiger charge is -2.17. The highest BCUT2D eigenvalue weighted by molar-refractivity contribution is 7.13. The first-order valence-electron chi connectivity index (χ1n) is 5.32. The number of aromatic carboxylic acids is 1. The summed E-state index contributed by atoms with van der Waals surface area (Å²) in [4.78, 5) is 16.8. The molecule has 0 bridgehead atoms. The molecule has 1 aromatic rings. The van der Waals surface area contributed by atoms with Crippen molar-refractivity contribution in [2.45, 2.75) is 13.8 Å². The van der Waals surface area contributed by atoms with Gasteiger partial charge in [0, 0.05) is 18.5 Å². The maximum Gasteiger partial charge on any atom is 0.355 e. The summed E-state index contributed by atoms with van der Waals surface area (Å²) in [7, 11) is 0. The Morgan fingerprint density at radius 3 is 2.75 bits per heavy atom. The fourth-order valence-corrected chi connectivity index (χ4v) is 2.03. The Morgan fingerprint density at radius 2 is 2.25 bits per heavy atom. The number of anilines is 1. The lowest BCUT2D eigenvalue weighted by molar-refractivity contribution is 0.0691. The summed E-state index contributed by atoms with van der Waals surface area (Å²) < 4.78 is 0. The van der Waals surface area contributed by atoms with Crippen LogP contribution in [0.25, 0.3) is 0 Å². The number of likely N-dealkylation sites (N-methyl/N-ethyl adjacent to an activating group) is 1. The molecule has 1 heterocycles. The Bertz CT molecular complexity index is 337. The topological polar surface area (TPSA) is 65.5 Å². The summed E-state index contributed by atoms with van der Waals surface area (Å²) in [6, 6.07) is 0. The molecule has 6 heteroatoms. The van der Waals surface area contributed by atoms with Crippen LogP contribution in [0.3, 0.4) is 0 Å². The first-order valence-corrected chi connectivity index (χ1v) is 6.20. The van der Waals surface area contributed by atoms with Gasteiger partial charge >= 0.3 is 5.97 Å². The van der Waals surface area contributed by atoms with E-state index in [1.165, 1.54) is 11.3 Å². The third-order valence-corrected chi connectivity index (χ3v) is 3.12. The highest BCUT2D eigenvalue weighted by atomic mass is 32.1.